The topological polar surface area (TPSA) is 0 Å². The monoisotopic (exact) mass is 400 g/mol. The third kappa shape index (κ3) is 3.54. The van der Waals surface area contributed by atoms with Gasteiger partial charge in [-0.25, -0.2) is 0 Å². The third-order valence-electron chi connectivity index (χ3n) is 3.37. The summed E-state index contributed by atoms with van der Waals surface area (Å²) < 4.78 is 155. The molecule has 0 aromatic heterocycles. The number of hydrogen-bond donors (Lipinski definition) is 0. The summed E-state index contributed by atoms with van der Waals surface area (Å²) in [6.07, 6.45) is -22.9. The van der Waals surface area contributed by atoms with Crippen LogP contribution in [0, 0.1) is 0 Å². The summed E-state index contributed by atoms with van der Waals surface area (Å²) >= 11 is 0. The number of hydrogen-bond acceptors (Lipinski definition) is 0. The van der Waals surface area contributed by atoms with E-state index >= 15 is 0 Å². The molecule has 0 nitrogen and oxygen atoms in total. The minimum absolute atomic E-state index is 0.0160. The lowest BCUT2D eigenvalue weighted by Gasteiger charge is -2.15. The predicted molar refractivity (Wildman–Crippen MR) is 63.1 cm³/mol. The Labute approximate surface area is 136 Å². The van der Waals surface area contributed by atoms with Gasteiger partial charge in [0.05, 0.1) is 22.3 Å². The van der Waals surface area contributed by atoms with Gasteiger partial charge in [0, 0.05) is 0 Å². The van der Waals surface area contributed by atoms with Crippen LogP contribution in [0.5, 0.6) is 0 Å². The van der Waals surface area contributed by atoms with E-state index in [1.807, 2.05) is 0 Å². The minimum atomic E-state index is -6.04. The molecule has 2 aliphatic rings. The Hall–Kier alpha value is -2.14. The van der Waals surface area contributed by atoms with Crippen LogP contribution in [0.2, 0.25) is 0 Å². The molecule has 0 aliphatic heterocycles. The van der Waals surface area contributed by atoms with Crippen molar-refractivity contribution in [3.05, 3.63) is 46.5 Å². The van der Waals surface area contributed by atoms with Crippen molar-refractivity contribution in [2.45, 2.75) is 24.7 Å². The summed E-state index contributed by atoms with van der Waals surface area (Å²) in [5, 5.41) is 0. The van der Waals surface area contributed by atoms with Gasteiger partial charge in [0.15, 0.2) is 0 Å². The summed E-state index contributed by atoms with van der Waals surface area (Å²) in [6.45, 7) is 0. The van der Waals surface area contributed by atoms with Crippen molar-refractivity contribution in [3.8, 4) is 11.1 Å². The van der Waals surface area contributed by atoms with Gasteiger partial charge in [-0.1, -0.05) is 12.1 Å². The van der Waals surface area contributed by atoms with Crippen molar-refractivity contribution in [1.29, 1.82) is 0 Å². The van der Waals surface area contributed by atoms with Gasteiger partial charge < -0.3 is 0 Å². The molecule has 26 heavy (non-hydrogen) atoms. The Morgan fingerprint density at radius 2 is 0.692 bits per heavy atom. The lowest BCUT2D eigenvalue weighted by Crippen LogP contribution is -2.19. The Morgan fingerprint density at radius 1 is 0.385 bits per heavy atom. The van der Waals surface area contributed by atoms with E-state index in [-0.39, 0.29) is 24.3 Å². The smallest absolute Gasteiger partial charge is 0.166 e. The number of alkyl halides is 12. The lowest BCUT2D eigenvalue weighted by molar-refractivity contribution is -0.172. The number of halogens is 12. The first-order valence-electron chi connectivity index (χ1n) is 6.34. The Balaban J connectivity index is 3.07. The molecule has 0 N–H and O–H groups in total. The summed E-state index contributed by atoms with van der Waals surface area (Å²) in [7, 11) is 0. The van der Waals surface area contributed by atoms with Crippen molar-refractivity contribution in [2.24, 2.45) is 0 Å². The first kappa shape index (κ1) is 20.2. The van der Waals surface area contributed by atoms with Crippen LogP contribution in [-0.4, -0.2) is 0 Å². The van der Waals surface area contributed by atoms with Gasteiger partial charge in [0.25, 0.3) is 0 Å². The van der Waals surface area contributed by atoms with Crippen LogP contribution < -0.4 is 0 Å². The summed E-state index contributed by atoms with van der Waals surface area (Å²) in [5.41, 5.74) is -13.2. The Bertz CT molecular complexity index is 736. The average Bonchev–Trinajstić information content (AvgIpc) is 2.58. The molecule has 0 unspecified atom stereocenters. The molecule has 144 valence electrons. The molecule has 0 fully saturated rings. The SMILES string of the molecule is FC(F)(F)c1ccc2c(C(F)(F)F)c(C(F)(F)F)c(C(F)(F)F)c-2cc1. The molecule has 0 bridgehead atoms. The molecule has 0 aromatic carbocycles. The number of fused-ring (bicyclic) bond motifs is 1. The maximum absolute atomic E-state index is 13.1. The molecule has 0 amide bonds. The van der Waals surface area contributed by atoms with Crippen molar-refractivity contribution in [2.75, 3.05) is 0 Å². The van der Waals surface area contributed by atoms with Crippen LogP contribution in [0.25, 0.3) is 11.1 Å². The zero-order valence-electron chi connectivity index (χ0n) is 11.8. The highest BCUT2D eigenvalue weighted by molar-refractivity contribution is 5.80. The van der Waals surface area contributed by atoms with E-state index in [1.54, 1.807) is 0 Å². The molecule has 0 saturated heterocycles. The fraction of sp³-hybridized carbons (Fsp3) is 0.286. The molecule has 2 aliphatic carbocycles. The van der Waals surface area contributed by atoms with E-state index in [0.717, 1.165) is 0 Å². The van der Waals surface area contributed by atoms with Crippen LogP contribution in [0.3, 0.4) is 0 Å². The first-order valence-corrected chi connectivity index (χ1v) is 6.34. The van der Waals surface area contributed by atoms with Crippen LogP contribution in [-0.2, 0) is 24.7 Å². The highest BCUT2D eigenvalue weighted by Gasteiger charge is 2.55. The van der Waals surface area contributed by atoms with Crippen LogP contribution >= 0.6 is 0 Å². The Morgan fingerprint density at radius 3 is 0.923 bits per heavy atom. The quantitative estimate of drug-likeness (QED) is 0.424. The van der Waals surface area contributed by atoms with Crippen LogP contribution in [0.4, 0.5) is 52.7 Å². The van der Waals surface area contributed by atoms with Gasteiger partial charge >= 0.3 is 24.7 Å². The molecule has 0 heterocycles. The Kier molecular flexibility index (Phi) is 4.41. The maximum Gasteiger partial charge on any atom is 0.417 e. The van der Waals surface area contributed by atoms with E-state index in [0.29, 0.717) is 0 Å². The van der Waals surface area contributed by atoms with Crippen molar-refractivity contribution < 1.29 is 52.7 Å². The minimum Gasteiger partial charge on any atom is -0.166 e. The molecule has 0 spiro atoms. The maximum atomic E-state index is 13.1. The molecular weight excluding hydrogens is 396 g/mol. The summed E-state index contributed by atoms with van der Waals surface area (Å²) in [4.78, 5) is 0. The predicted octanol–water partition coefficient (Wildman–Crippen LogP) is 6.87. The van der Waals surface area contributed by atoms with E-state index in [9.17, 15) is 52.7 Å². The molecular formula is C14H4F12. The first-order chi connectivity index (χ1) is 11.5. The van der Waals surface area contributed by atoms with Crippen molar-refractivity contribution in [3.63, 3.8) is 0 Å². The van der Waals surface area contributed by atoms with Gasteiger partial charge in [-0.05, 0) is 23.3 Å². The second kappa shape index (κ2) is 5.68. The summed E-state index contributed by atoms with van der Waals surface area (Å²) in [6, 6.07) is -0.132. The van der Waals surface area contributed by atoms with Gasteiger partial charge in [-0.15, -0.1) is 0 Å². The highest BCUT2D eigenvalue weighted by atomic mass is 19.4. The van der Waals surface area contributed by atoms with E-state index in [2.05, 4.69) is 0 Å². The molecule has 0 radical (unpaired) electrons. The average molecular weight is 400 g/mol. The largest absolute Gasteiger partial charge is 0.417 e. The molecule has 0 atom stereocenters. The fourth-order valence-electron chi connectivity index (χ4n) is 2.47. The van der Waals surface area contributed by atoms with Gasteiger partial charge in [0.2, 0.25) is 0 Å². The zero-order chi connectivity index (χ0) is 20.3. The second-order valence-electron chi connectivity index (χ2n) is 5.07. The highest BCUT2D eigenvalue weighted by Crippen LogP contribution is 2.55. The van der Waals surface area contributed by atoms with E-state index < -0.39 is 58.1 Å². The standard InChI is InChI=1S/C14H4F12/c15-11(16,17)5-1-3-6-7(4-2-5)9(13(21,22)23)10(14(24,25)26)8(6)12(18,19)20/h1-4H. The van der Waals surface area contributed by atoms with Crippen molar-refractivity contribution in [1.82, 2.24) is 0 Å². The van der Waals surface area contributed by atoms with Gasteiger partial charge in [-0.2, -0.15) is 52.7 Å². The van der Waals surface area contributed by atoms with Gasteiger partial charge in [0.1, 0.15) is 0 Å². The van der Waals surface area contributed by atoms with E-state index in [4.69, 9.17) is 0 Å². The van der Waals surface area contributed by atoms with E-state index in [1.165, 1.54) is 0 Å². The normalized spacial score (nSPS) is 14.2. The molecule has 2 rings (SSSR count). The lowest BCUT2D eigenvalue weighted by atomic mass is 10.1. The summed E-state index contributed by atoms with van der Waals surface area (Å²) in [5.74, 6) is 0. The molecule has 12 heteroatoms. The van der Waals surface area contributed by atoms with Crippen molar-refractivity contribution >= 4 is 0 Å². The van der Waals surface area contributed by atoms with Crippen LogP contribution in [0.15, 0.2) is 24.3 Å². The second-order valence-corrected chi connectivity index (χ2v) is 5.07. The van der Waals surface area contributed by atoms with Gasteiger partial charge in [-0.3, -0.25) is 0 Å². The number of rotatable bonds is 0. The molecule has 0 aromatic rings. The van der Waals surface area contributed by atoms with Crippen LogP contribution in [0.1, 0.15) is 22.3 Å². The zero-order valence-corrected chi connectivity index (χ0v) is 11.8. The molecule has 0 saturated carbocycles. The fourth-order valence-corrected chi connectivity index (χ4v) is 2.47. The third-order valence-corrected chi connectivity index (χ3v) is 3.37.